The number of carboxylic acids is 1. The second-order valence-electron chi connectivity index (χ2n) is 6.27. The van der Waals surface area contributed by atoms with Crippen molar-refractivity contribution in [3.05, 3.63) is 71.8 Å². The largest absolute Gasteiger partial charge is 0.480 e. The lowest BCUT2D eigenvalue weighted by molar-refractivity contribution is -0.142. The van der Waals surface area contributed by atoms with Crippen molar-refractivity contribution >= 4 is 11.9 Å². The number of carboxylic acid groups (broad SMARTS) is 1. The molecule has 5 heteroatoms. The molecule has 1 aliphatic heterocycles. The highest BCUT2D eigenvalue weighted by Crippen LogP contribution is 2.28. The average Bonchev–Trinajstić information content (AvgIpc) is 3.17. The minimum absolute atomic E-state index is 0.248. The molecule has 25 heavy (non-hydrogen) atoms. The molecule has 2 aromatic rings. The zero-order valence-electron chi connectivity index (χ0n) is 13.9. The van der Waals surface area contributed by atoms with Crippen LogP contribution in [0.15, 0.2) is 60.7 Å². The van der Waals surface area contributed by atoms with Gasteiger partial charge in [0.25, 0.3) is 0 Å². The van der Waals surface area contributed by atoms with Gasteiger partial charge in [0, 0.05) is 5.92 Å². The van der Waals surface area contributed by atoms with Crippen molar-refractivity contribution in [3.63, 3.8) is 0 Å². The Morgan fingerprint density at radius 3 is 2.00 bits per heavy atom. The number of aliphatic carboxylic acids is 1. The van der Waals surface area contributed by atoms with E-state index in [-0.39, 0.29) is 11.9 Å². The third-order valence-corrected chi connectivity index (χ3v) is 4.59. The number of carbonyl (C=O) groups excluding carboxylic acids is 1. The topological polar surface area (TPSA) is 78.4 Å². The molecule has 3 N–H and O–H groups in total. The molecular formula is C20H22N2O3. The van der Waals surface area contributed by atoms with Crippen LogP contribution in [0.25, 0.3) is 0 Å². The van der Waals surface area contributed by atoms with Crippen molar-refractivity contribution in [1.82, 2.24) is 10.6 Å². The van der Waals surface area contributed by atoms with E-state index in [2.05, 4.69) is 10.6 Å². The fourth-order valence-electron chi connectivity index (χ4n) is 3.35. The highest BCUT2D eigenvalue weighted by atomic mass is 16.4. The lowest BCUT2D eigenvalue weighted by atomic mass is 9.85. The summed E-state index contributed by atoms with van der Waals surface area (Å²) in [7, 11) is 0. The Bertz CT molecular complexity index is 673. The van der Waals surface area contributed by atoms with Crippen molar-refractivity contribution in [3.8, 4) is 0 Å². The molecule has 0 aliphatic carbocycles. The smallest absolute Gasteiger partial charge is 0.327 e. The summed E-state index contributed by atoms with van der Waals surface area (Å²) in [5, 5.41) is 15.7. The minimum atomic E-state index is -1.04. The summed E-state index contributed by atoms with van der Waals surface area (Å²) >= 11 is 0. The van der Waals surface area contributed by atoms with Gasteiger partial charge in [-0.2, -0.15) is 0 Å². The lowest BCUT2D eigenvalue weighted by Crippen LogP contribution is -2.50. The quantitative estimate of drug-likeness (QED) is 0.754. The molecule has 1 heterocycles. The molecule has 1 saturated heterocycles. The second kappa shape index (κ2) is 7.94. The van der Waals surface area contributed by atoms with E-state index in [9.17, 15) is 14.7 Å². The van der Waals surface area contributed by atoms with Crippen LogP contribution in [-0.4, -0.2) is 35.6 Å². The van der Waals surface area contributed by atoms with Crippen LogP contribution >= 0.6 is 0 Å². The normalized spacial score (nSPS) is 18.0. The zero-order chi connectivity index (χ0) is 17.6. The highest BCUT2D eigenvalue weighted by Gasteiger charge is 2.34. The van der Waals surface area contributed by atoms with Crippen molar-refractivity contribution < 1.29 is 14.7 Å². The molecule has 0 saturated carbocycles. The van der Waals surface area contributed by atoms with Crippen molar-refractivity contribution in [1.29, 1.82) is 0 Å². The van der Waals surface area contributed by atoms with Crippen LogP contribution < -0.4 is 10.6 Å². The maximum Gasteiger partial charge on any atom is 0.327 e. The molecule has 1 amide bonds. The Hall–Kier alpha value is -2.66. The van der Waals surface area contributed by atoms with E-state index >= 15 is 0 Å². The highest BCUT2D eigenvalue weighted by molar-refractivity contribution is 5.88. The van der Waals surface area contributed by atoms with Crippen molar-refractivity contribution in [2.24, 2.45) is 0 Å². The predicted molar refractivity (Wildman–Crippen MR) is 95.3 cm³/mol. The zero-order valence-corrected chi connectivity index (χ0v) is 13.9. The summed E-state index contributed by atoms with van der Waals surface area (Å²) in [6.45, 7) is 0.788. The van der Waals surface area contributed by atoms with E-state index in [0.29, 0.717) is 0 Å². The first-order valence-corrected chi connectivity index (χ1v) is 8.53. The van der Waals surface area contributed by atoms with E-state index in [1.807, 2.05) is 60.7 Å². The van der Waals surface area contributed by atoms with Crippen LogP contribution in [0.5, 0.6) is 0 Å². The number of hydrogen-bond donors (Lipinski definition) is 3. The molecule has 2 aromatic carbocycles. The summed E-state index contributed by atoms with van der Waals surface area (Å²) < 4.78 is 0. The van der Waals surface area contributed by atoms with E-state index in [1.165, 1.54) is 0 Å². The van der Waals surface area contributed by atoms with Crippen LogP contribution in [0, 0.1) is 0 Å². The average molecular weight is 338 g/mol. The van der Waals surface area contributed by atoms with Gasteiger partial charge in [0.2, 0.25) is 5.91 Å². The van der Waals surface area contributed by atoms with Crippen LogP contribution in [0.1, 0.15) is 29.9 Å². The predicted octanol–water partition coefficient (Wildman–Crippen LogP) is 2.14. The Labute approximate surface area is 147 Å². The first-order chi connectivity index (χ1) is 12.2. The van der Waals surface area contributed by atoms with Crippen LogP contribution in [0.3, 0.4) is 0 Å². The van der Waals surface area contributed by atoms with E-state index in [1.54, 1.807) is 0 Å². The first kappa shape index (κ1) is 17.2. The van der Waals surface area contributed by atoms with Gasteiger partial charge in [0.15, 0.2) is 0 Å². The summed E-state index contributed by atoms with van der Waals surface area (Å²) in [6, 6.07) is 17.5. The Kier molecular flexibility index (Phi) is 5.46. The van der Waals surface area contributed by atoms with E-state index in [0.717, 1.165) is 30.5 Å². The van der Waals surface area contributed by atoms with Crippen molar-refractivity contribution in [2.75, 3.05) is 6.54 Å². The summed E-state index contributed by atoms with van der Waals surface area (Å²) in [5.41, 5.74) is 1.72. The molecule has 0 bridgehead atoms. The Morgan fingerprint density at radius 1 is 1.00 bits per heavy atom. The lowest BCUT2D eigenvalue weighted by Gasteiger charge is -2.27. The van der Waals surface area contributed by atoms with E-state index in [4.69, 9.17) is 0 Å². The second-order valence-corrected chi connectivity index (χ2v) is 6.27. The third kappa shape index (κ3) is 4.06. The molecule has 1 fully saturated rings. The molecule has 0 radical (unpaired) electrons. The van der Waals surface area contributed by atoms with Gasteiger partial charge in [0.05, 0.1) is 6.04 Å². The molecule has 0 aromatic heterocycles. The maximum absolute atomic E-state index is 12.5. The van der Waals surface area contributed by atoms with Gasteiger partial charge in [0.1, 0.15) is 6.04 Å². The van der Waals surface area contributed by atoms with Crippen molar-refractivity contribution in [2.45, 2.75) is 30.8 Å². The number of amides is 1. The molecule has 0 spiro atoms. The number of carbonyl (C=O) groups is 2. The molecule has 0 unspecified atom stereocenters. The maximum atomic E-state index is 12.5. The summed E-state index contributed by atoms with van der Waals surface area (Å²) in [4.78, 5) is 24.5. The molecule has 2 atom stereocenters. The molecule has 5 nitrogen and oxygen atoms in total. The molecule has 1 aliphatic rings. The Balaban J connectivity index is 1.93. The summed E-state index contributed by atoms with van der Waals surface area (Å²) in [5.74, 6) is -1.74. The molecule has 3 rings (SSSR count). The fraction of sp³-hybridized carbons (Fsp3) is 0.300. The third-order valence-electron chi connectivity index (χ3n) is 4.59. The van der Waals surface area contributed by atoms with Gasteiger partial charge in [-0.25, -0.2) is 4.79 Å². The number of benzene rings is 2. The fourth-order valence-corrected chi connectivity index (χ4v) is 3.35. The summed E-state index contributed by atoms with van der Waals surface area (Å²) in [6.07, 6.45) is 1.66. The standard InChI is InChI=1S/C20H22N2O3/c23-19(16-12-7-13-21-16)22-18(20(24)25)17(14-8-3-1-4-9-14)15-10-5-2-6-11-15/h1-6,8-11,16-18,21H,7,12-13H2,(H,22,23)(H,24,25)/t16-,18-/m0/s1. The minimum Gasteiger partial charge on any atom is -0.480 e. The SMILES string of the molecule is O=C(N[C@H](C(=O)O)C(c1ccccc1)c1ccccc1)[C@@H]1CCCN1. The van der Waals surface area contributed by atoms with Gasteiger partial charge >= 0.3 is 5.97 Å². The number of rotatable bonds is 6. The molecule has 130 valence electrons. The molecular weight excluding hydrogens is 316 g/mol. The van der Waals surface area contributed by atoms with Gasteiger partial charge in [-0.1, -0.05) is 60.7 Å². The van der Waals surface area contributed by atoms with Gasteiger partial charge in [-0.3, -0.25) is 4.79 Å². The Morgan fingerprint density at radius 2 is 1.56 bits per heavy atom. The first-order valence-electron chi connectivity index (χ1n) is 8.53. The van der Waals surface area contributed by atoms with E-state index < -0.39 is 17.9 Å². The van der Waals surface area contributed by atoms with Crippen LogP contribution in [0.4, 0.5) is 0 Å². The van der Waals surface area contributed by atoms with Gasteiger partial charge < -0.3 is 15.7 Å². The van der Waals surface area contributed by atoms with Gasteiger partial charge in [-0.05, 0) is 30.5 Å². The number of hydrogen-bond acceptors (Lipinski definition) is 3. The monoisotopic (exact) mass is 338 g/mol. The van der Waals surface area contributed by atoms with Crippen LogP contribution in [0.2, 0.25) is 0 Å². The van der Waals surface area contributed by atoms with Gasteiger partial charge in [-0.15, -0.1) is 0 Å². The van der Waals surface area contributed by atoms with Crippen LogP contribution in [-0.2, 0) is 9.59 Å². The number of nitrogens with one attached hydrogen (secondary N) is 2.